The van der Waals surface area contributed by atoms with Crippen molar-refractivity contribution >= 4 is 22.8 Å². The first-order valence-electron chi connectivity index (χ1n) is 12.5. The Labute approximate surface area is 222 Å². The normalized spacial score (nSPS) is 18.1. The lowest BCUT2D eigenvalue weighted by atomic mass is 9.92. The van der Waals surface area contributed by atoms with Gasteiger partial charge in [-0.15, -0.1) is 0 Å². The molecule has 0 unspecified atom stereocenters. The number of rotatable bonds is 6. The first kappa shape index (κ1) is 27.9. The summed E-state index contributed by atoms with van der Waals surface area (Å²) in [6.45, 7) is 0.0224. The van der Waals surface area contributed by atoms with Crippen LogP contribution in [0.15, 0.2) is 35.3 Å². The van der Waals surface area contributed by atoms with E-state index in [1.54, 1.807) is 4.90 Å². The molecule has 1 saturated heterocycles. The van der Waals surface area contributed by atoms with Crippen LogP contribution in [-0.2, 0) is 0 Å². The van der Waals surface area contributed by atoms with Crippen LogP contribution in [0.5, 0.6) is 0 Å². The number of alkyl halides is 3. The summed E-state index contributed by atoms with van der Waals surface area (Å²) in [4.78, 5) is 32.3. The van der Waals surface area contributed by atoms with Crippen LogP contribution < -0.4 is 15.6 Å². The maximum atomic E-state index is 14.9. The van der Waals surface area contributed by atoms with E-state index < -0.39 is 70.4 Å². The molecule has 1 saturated carbocycles. The van der Waals surface area contributed by atoms with Gasteiger partial charge in [0.2, 0.25) is 5.43 Å². The topological polar surface area (TPSA) is 108 Å². The molecule has 2 aromatic heterocycles. The molecule has 5 rings (SSSR count). The number of anilines is 1. The summed E-state index contributed by atoms with van der Waals surface area (Å²) in [6, 6.07) is 1.15. The highest BCUT2D eigenvalue weighted by Crippen LogP contribution is 2.40. The van der Waals surface area contributed by atoms with Crippen molar-refractivity contribution in [3.05, 3.63) is 63.7 Å². The molecule has 1 aromatic carbocycles. The first-order chi connectivity index (χ1) is 18.8. The van der Waals surface area contributed by atoms with E-state index in [0.29, 0.717) is 22.9 Å². The van der Waals surface area contributed by atoms with Gasteiger partial charge in [0, 0.05) is 31.4 Å². The van der Waals surface area contributed by atoms with Crippen molar-refractivity contribution < 1.29 is 41.4 Å². The van der Waals surface area contributed by atoms with Crippen LogP contribution in [-0.4, -0.2) is 63.2 Å². The number of carbonyl (C=O) groups is 1. The summed E-state index contributed by atoms with van der Waals surface area (Å²) in [7, 11) is 0. The van der Waals surface area contributed by atoms with Crippen LogP contribution in [0.2, 0.25) is 0 Å². The van der Waals surface area contributed by atoms with Gasteiger partial charge in [-0.1, -0.05) is 0 Å². The maximum Gasteiger partial charge on any atom is 0.408 e. The second-order valence-corrected chi connectivity index (χ2v) is 10.2. The second-order valence-electron chi connectivity index (χ2n) is 10.2. The molecule has 3 N–H and O–H groups in total. The highest BCUT2D eigenvalue weighted by Gasteiger charge is 2.50. The van der Waals surface area contributed by atoms with Crippen molar-refractivity contribution in [1.82, 2.24) is 14.9 Å². The van der Waals surface area contributed by atoms with Gasteiger partial charge in [0.25, 0.3) is 5.91 Å². The molecule has 214 valence electrons. The number of aromatic nitrogens is 2. The number of benzene rings is 1. The quantitative estimate of drug-likeness (QED) is 0.393. The minimum absolute atomic E-state index is 0.178. The minimum Gasteiger partial charge on any atom is -0.393 e. The predicted molar refractivity (Wildman–Crippen MR) is 131 cm³/mol. The highest BCUT2D eigenvalue weighted by atomic mass is 19.4. The zero-order valence-corrected chi connectivity index (χ0v) is 20.8. The van der Waals surface area contributed by atoms with Crippen molar-refractivity contribution in [2.45, 2.75) is 43.5 Å². The van der Waals surface area contributed by atoms with Crippen molar-refractivity contribution in [1.29, 1.82) is 0 Å². The molecular formula is C26H24F6N4O4. The summed E-state index contributed by atoms with van der Waals surface area (Å²) in [6.07, 6.45) is -3.27. The number of aliphatic hydroxyl groups excluding tert-OH is 1. The van der Waals surface area contributed by atoms with Crippen molar-refractivity contribution in [2.24, 2.45) is 5.92 Å². The number of fused-ring (bicyclic) bond motifs is 1. The zero-order chi connectivity index (χ0) is 29.0. The summed E-state index contributed by atoms with van der Waals surface area (Å²) in [5, 5.41) is 21.2. The number of aliphatic hydroxyl groups is 2. The average Bonchev–Trinajstić information content (AvgIpc) is 3.72. The van der Waals surface area contributed by atoms with E-state index in [2.05, 4.69) is 4.98 Å². The molecule has 0 bridgehead atoms. The van der Waals surface area contributed by atoms with E-state index in [9.17, 15) is 46.1 Å². The molecule has 2 aliphatic rings. The number of pyridine rings is 2. The van der Waals surface area contributed by atoms with Crippen LogP contribution in [0.1, 0.15) is 36.0 Å². The lowest BCUT2D eigenvalue weighted by Gasteiger charge is -2.37. The molecule has 1 aliphatic carbocycles. The Balaban J connectivity index is 1.64. The van der Waals surface area contributed by atoms with E-state index in [1.165, 1.54) is 12.1 Å². The largest absolute Gasteiger partial charge is 0.408 e. The lowest BCUT2D eigenvalue weighted by molar-refractivity contribution is -0.158. The van der Waals surface area contributed by atoms with Crippen LogP contribution in [0, 0.1) is 23.4 Å². The molecular weight excluding hydrogens is 546 g/mol. The number of hydrogen-bond acceptors (Lipinski definition) is 6. The fourth-order valence-electron chi connectivity index (χ4n) is 4.89. The highest BCUT2D eigenvalue weighted by molar-refractivity contribution is 5.97. The standard InChI is InChI=1S/C26H24F6N4O4/c27-14-9-17(28)20(18(29)10-14)36-11-16(24(39)34-22(13-1-2-13)26(30,31)32)21(38)15-3-4-19(33-23(15)36)35-7-5-25(40,12-37)6-8-35/h3-4,9-11,13,22,37,40H,1-2,5-8,12H2,(H,34,39)/t22-/m0/s1. The molecule has 1 aliphatic heterocycles. The molecule has 40 heavy (non-hydrogen) atoms. The molecule has 2 fully saturated rings. The van der Waals surface area contributed by atoms with Gasteiger partial charge in [-0.2, -0.15) is 13.2 Å². The SMILES string of the molecule is O=C(N[C@@H](C1CC1)C(F)(F)F)c1cn(-c2c(F)cc(F)cc2F)c2nc(N3CCC(O)(CO)CC3)ccc2c1=O. The van der Waals surface area contributed by atoms with Gasteiger partial charge in [0.1, 0.15) is 28.9 Å². The molecule has 14 heteroatoms. The molecule has 1 atom stereocenters. The van der Waals surface area contributed by atoms with Gasteiger partial charge in [0.05, 0.1) is 17.6 Å². The Morgan fingerprint density at radius 3 is 2.30 bits per heavy atom. The monoisotopic (exact) mass is 570 g/mol. The zero-order valence-electron chi connectivity index (χ0n) is 20.8. The third-order valence-electron chi connectivity index (χ3n) is 7.35. The van der Waals surface area contributed by atoms with E-state index in [1.807, 2.05) is 5.32 Å². The number of halogens is 6. The van der Waals surface area contributed by atoms with Crippen molar-refractivity contribution in [3.63, 3.8) is 0 Å². The van der Waals surface area contributed by atoms with Gasteiger partial charge >= 0.3 is 6.18 Å². The van der Waals surface area contributed by atoms with Gasteiger partial charge in [-0.25, -0.2) is 18.2 Å². The Morgan fingerprint density at radius 1 is 1.12 bits per heavy atom. The number of piperidine rings is 1. The smallest absolute Gasteiger partial charge is 0.393 e. The Kier molecular flexibility index (Phi) is 7.03. The van der Waals surface area contributed by atoms with Crippen LogP contribution >= 0.6 is 0 Å². The summed E-state index contributed by atoms with van der Waals surface area (Å²) >= 11 is 0. The number of carbonyl (C=O) groups excluding carboxylic acids is 1. The van der Waals surface area contributed by atoms with E-state index in [-0.39, 0.29) is 55.6 Å². The number of amides is 1. The number of nitrogens with zero attached hydrogens (tertiary/aromatic N) is 3. The van der Waals surface area contributed by atoms with Crippen LogP contribution in [0.3, 0.4) is 0 Å². The molecule has 1 amide bonds. The van der Waals surface area contributed by atoms with Crippen molar-refractivity contribution in [2.75, 3.05) is 24.6 Å². The molecule has 3 heterocycles. The van der Waals surface area contributed by atoms with Gasteiger partial charge in [-0.05, 0) is 43.7 Å². The third-order valence-corrected chi connectivity index (χ3v) is 7.35. The Morgan fingerprint density at radius 2 is 1.75 bits per heavy atom. The molecule has 8 nitrogen and oxygen atoms in total. The van der Waals surface area contributed by atoms with E-state index >= 15 is 0 Å². The minimum atomic E-state index is -4.78. The summed E-state index contributed by atoms with van der Waals surface area (Å²) in [5.74, 6) is -6.06. The van der Waals surface area contributed by atoms with Crippen LogP contribution in [0.25, 0.3) is 16.7 Å². The second kappa shape index (κ2) is 10.1. The van der Waals surface area contributed by atoms with Gasteiger partial charge in [0.15, 0.2) is 17.3 Å². The van der Waals surface area contributed by atoms with Crippen LogP contribution in [0.4, 0.5) is 32.2 Å². The molecule has 0 radical (unpaired) electrons. The Hall–Kier alpha value is -3.65. The van der Waals surface area contributed by atoms with E-state index in [4.69, 9.17) is 0 Å². The van der Waals surface area contributed by atoms with Gasteiger partial charge < -0.3 is 20.4 Å². The lowest BCUT2D eigenvalue weighted by Crippen LogP contribution is -2.48. The maximum absolute atomic E-state index is 14.9. The summed E-state index contributed by atoms with van der Waals surface area (Å²) in [5.41, 5.74) is -4.34. The van der Waals surface area contributed by atoms with Gasteiger partial charge in [-0.3, -0.25) is 14.2 Å². The third kappa shape index (κ3) is 5.24. The molecule has 0 spiro atoms. The summed E-state index contributed by atoms with van der Waals surface area (Å²) < 4.78 is 84.8. The first-order valence-corrected chi connectivity index (χ1v) is 12.5. The van der Waals surface area contributed by atoms with Crippen molar-refractivity contribution in [3.8, 4) is 5.69 Å². The number of hydrogen-bond donors (Lipinski definition) is 3. The molecule has 3 aromatic rings. The average molecular weight is 570 g/mol. The fourth-order valence-corrected chi connectivity index (χ4v) is 4.89. The Bertz CT molecular complexity index is 1510. The van der Waals surface area contributed by atoms with E-state index in [0.717, 1.165) is 0 Å². The number of nitrogens with one attached hydrogen (secondary N) is 1. The predicted octanol–water partition coefficient (Wildman–Crippen LogP) is 3.20. The fraction of sp³-hybridized carbons (Fsp3) is 0.423.